The van der Waals surface area contributed by atoms with E-state index in [-0.39, 0.29) is 36.6 Å². The van der Waals surface area contributed by atoms with Crippen molar-refractivity contribution in [1.29, 1.82) is 0 Å². The first-order valence-electron chi connectivity index (χ1n) is 10.6. The van der Waals surface area contributed by atoms with E-state index in [4.69, 9.17) is 14.2 Å². The third kappa shape index (κ3) is 8.89. The summed E-state index contributed by atoms with van der Waals surface area (Å²) in [4.78, 5) is 18.7. The molecule has 1 aliphatic heterocycles. The van der Waals surface area contributed by atoms with Crippen LogP contribution in [-0.2, 0) is 4.74 Å². The van der Waals surface area contributed by atoms with Crippen molar-refractivity contribution in [2.24, 2.45) is 4.99 Å². The van der Waals surface area contributed by atoms with Crippen molar-refractivity contribution in [3.8, 4) is 11.5 Å². The van der Waals surface area contributed by atoms with E-state index in [2.05, 4.69) is 20.5 Å². The molecule has 10 heteroatoms. The van der Waals surface area contributed by atoms with Gasteiger partial charge in [0, 0.05) is 25.7 Å². The lowest BCUT2D eigenvalue weighted by atomic mass is 10.1. The Kier molecular flexibility index (Phi) is 11.3. The van der Waals surface area contributed by atoms with E-state index in [9.17, 15) is 9.90 Å². The standard InChI is InChI=1S/C22H36N4O5.HI/c1-7-23-20(26-9-8-16(14-26)25-21(28)31-22(2,3)4)24-13-19(27)15-10-17(29-5)12-18(11-15)30-6;/h10-12,16,19,27H,7-9,13-14H2,1-6H3,(H,23,24)(H,25,28);1H. The zero-order valence-electron chi connectivity index (χ0n) is 19.8. The molecule has 0 saturated carbocycles. The fourth-order valence-corrected chi connectivity index (χ4v) is 3.27. The third-order valence-electron chi connectivity index (χ3n) is 4.72. The highest BCUT2D eigenvalue weighted by Gasteiger charge is 2.28. The molecule has 0 bridgehead atoms. The number of carbonyl (C=O) groups excluding carboxylic acids is 1. The number of hydrogen-bond donors (Lipinski definition) is 3. The summed E-state index contributed by atoms with van der Waals surface area (Å²) in [6, 6.07) is 5.27. The van der Waals surface area contributed by atoms with Crippen LogP contribution in [-0.4, -0.2) is 74.1 Å². The number of amides is 1. The van der Waals surface area contributed by atoms with Gasteiger partial charge >= 0.3 is 6.09 Å². The fraction of sp³-hybridized carbons (Fsp3) is 0.636. The lowest BCUT2D eigenvalue weighted by Gasteiger charge is -2.23. The molecule has 32 heavy (non-hydrogen) atoms. The molecule has 1 aromatic rings. The molecule has 1 amide bonds. The number of halogens is 1. The summed E-state index contributed by atoms with van der Waals surface area (Å²) in [5, 5.41) is 16.8. The van der Waals surface area contributed by atoms with Crippen molar-refractivity contribution in [3.63, 3.8) is 0 Å². The van der Waals surface area contributed by atoms with Crippen LogP contribution in [0.5, 0.6) is 11.5 Å². The minimum absolute atomic E-state index is 0. The van der Waals surface area contributed by atoms with E-state index in [1.807, 2.05) is 27.7 Å². The van der Waals surface area contributed by atoms with Crippen LogP contribution in [0.4, 0.5) is 4.79 Å². The van der Waals surface area contributed by atoms with Gasteiger partial charge in [0.15, 0.2) is 5.96 Å². The Hall–Kier alpha value is -1.95. The van der Waals surface area contributed by atoms with Crippen molar-refractivity contribution >= 4 is 36.0 Å². The maximum absolute atomic E-state index is 12.0. The number of methoxy groups -OCH3 is 2. The van der Waals surface area contributed by atoms with Crippen molar-refractivity contribution in [2.75, 3.05) is 40.4 Å². The Morgan fingerprint density at radius 3 is 2.41 bits per heavy atom. The summed E-state index contributed by atoms with van der Waals surface area (Å²) < 4.78 is 15.9. The fourth-order valence-electron chi connectivity index (χ4n) is 3.27. The monoisotopic (exact) mass is 564 g/mol. The smallest absolute Gasteiger partial charge is 0.407 e. The number of aliphatic imine (C=N–C) groups is 1. The maximum Gasteiger partial charge on any atom is 0.407 e. The molecule has 9 nitrogen and oxygen atoms in total. The zero-order valence-corrected chi connectivity index (χ0v) is 22.1. The van der Waals surface area contributed by atoms with Crippen molar-refractivity contribution in [3.05, 3.63) is 23.8 Å². The van der Waals surface area contributed by atoms with Gasteiger partial charge in [-0.1, -0.05) is 0 Å². The number of rotatable bonds is 7. The van der Waals surface area contributed by atoms with Crippen molar-refractivity contribution in [1.82, 2.24) is 15.5 Å². The number of hydrogen-bond acceptors (Lipinski definition) is 6. The Labute approximate surface area is 207 Å². The topological polar surface area (TPSA) is 105 Å². The zero-order chi connectivity index (χ0) is 23.0. The van der Waals surface area contributed by atoms with Gasteiger partial charge in [0.1, 0.15) is 17.1 Å². The van der Waals surface area contributed by atoms with Crippen LogP contribution in [0, 0.1) is 0 Å². The van der Waals surface area contributed by atoms with Gasteiger partial charge in [0.05, 0.1) is 32.9 Å². The molecule has 0 radical (unpaired) electrons. The molecule has 0 spiro atoms. The molecule has 0 aliphatic carbocycles. The molecule has 1 aliphatic rings. The van der Waals surface area contributed by atoms with Crippen LogP contribution < -0.4 is 20.1 Å². The van der Waals surface area contributed by atoms with Gasteiger partial charge < -0.3 is 34.9 Å². The van der Waals surface area contributed by atoms with Gasteiger partial charge in [-0.2, -0.15) is 0 Å². The highest BCUT2D eigenvalue weighted by atomic mass is 127. The second-order valence-corrected chi connectivity index (χ2v) is 8.43. The molecule has 182 valence electrons. The number of guanidine groups is 1. The largest absolute Gasteiger partial charge is 0.497 e. The number of aliphatic hydroxyl groups is 1. The van der Waals surface area contributed by atoms with Crippen LogP contribution in [0.25, 0.3) is 0 Å². The molecule has 3 N–H and O–H groups in total. The molecule has 1 aromatic carbocycles. The van der Waals surface area contributed by atoms with Crippen LogP contribution in [0.2, 0.25) is 0 Å². The summed E-state index contributed by atoms with van der Waals surface area (Å²) >= 11 is 0. The van der Waals surface area contributed by atoms with Gasteiger partial charge in [0.2, 0.25) is 0 Å². The van der Waals surface area contributed by atoms with Gasteiger partial charge in [0.25, 0.3) is 0 Å². The molecule has 0 aromatic heterocycles. The summed E-state index contributed by atoms with van der Waals surface area (Å²) in [6.07, 6.45) is -0.432. The van der Waals surface area contributed by atoms with E-state index >= 15 is 0 Å². The van der Waals surface area contributed by atoms with Crippen LogP contribution in [0.1, 0.15) is 45.8 Å². The molecule has 1 saturated heterocycles. The second-order valence-electron chi connectivity index (χ2n) is 8.43. The van der Waals surface area contributed by atoms with Gasteiger partial charge in [-0.25, -0.2) is 4.79 Å². The highest BCUT2D eigenvalue weighted by molar-refractivity contribution is 14.0. The van der Waals surface area contributed by atoms with E-state index in [0.717, 1.165) is 13.0 Å². The molecular formula is C22H37IN4O5. The number of aliphatic hydroxyl groups excluding tert-OH is 1. The minimum atomic E-state index is -0.809. The summed E-state index contributed by atoms with van der Waals surface area (Å²) in [5.74, 6) is 1.92. The lowest BCUT2D eigenvalue weighted by molar-refractivity contribution is 0.0507. The number of alkyl carbamates (subject to hydrolysis) is 1. The number of nitrogens with zero attached hydrogens (tertiary/aromatic N) is 2. The van der Waals surface area contributed by atoms with Crippen molar-refractivity contribution < 1.29 is 24.1 Å². The summed E-state index contributed by atoms with van der Waals surface area (Å²) in [7, 11) is 3.14. The molecule has 1 heterocycles. The quantitative estimate of drug-likeness (QED) is 0.266. The Morgan fingerprint density at radius 1 is 1.25 bits per heavy atom. The molecular weight excluding hydrogens is 527 g/mol. The van der Waals surface area contributed by atoms with E-state index in [0.29, 0.717) is 36.1 Å². The summed E-state index contributed by atoms with van der Waals surface area (Å²) in [6.45, 7) is 9.75. The maximum atomic E-state index is 12.0. The van der Waals surface area contributed by atoms with E-state index in [1.54, 1.807) is 32.4 Å². The summed E-state index contributed by atoms with van der Waals surface area (Å²) in [5.41, 5.74) is 0.138. The average molecular weight is 564 g/mol. The molecule has 2 unspecified atom stereocenters. The number of carbonyl (C=O) groups is 1. The van der Waals surface area contributed by atoms with E-state index in [1.165, 1.54) is 0 Å². The van der Waals surface area contributed by atoms with Gasteiger partial charge in [-0.15, -0.1) is 24.0 Å². The van der Waals surface area contributed by atoms with Crippen molar-refractivity contribution in [2.45, 2.75) is 51.9 Å². The predicted octanol–water partition coefficient (Wildman–Crippen LogP) is 2.92. The van der Waals surface area contributed by atoms with Crippen LogP contribution in [0.3, 0.4) is 0 Å². The minimum Gasteiger partial charge on any atom is -0.497 e. The lowest BCUT2D eigenvalue weighted by Crippen LogP contribution is -2.44. The van der Waals surface area contributed by atoms with Gasteiger partial charge in [-0.3, -0.25) is 4.99 Å². The molecule has 1 fully saturated rings. The highest BCUT2D eigenvalue weighted by Crippen LogP contribution is 2.26. The Balaban J connectivity index is 0.00000512. The van der Waals surface area contributed by atoms with E-state index < -0.39 is 17.8 Å². The van der Waals surface area contributed by atoms with Crippen LogP contribution in [0.15, 0.2) is 23.2 Å². The first kappa shape index (κ1) is 28.1. The number of benzene rings is 1. The van der Waals surface area contributed by atoms with Gasteiger partial charge in [-0.05, 0) is 51.8 Å². The average Bonchev–Trinajstić information content (AvgIpc) is 3.16. The number of ether oxygens (including phenoxy) is 3. The Bertz CT molecular complexity index is 747. The second kappa shape index (κ2) is 12.9. The molecule has 2 rings (SSSR count). The predicted molar refractivity (Wildman–Crippen MR) is 135 cm³/mol. The third-order valence-corrected chi connectivity index (χ3v) is 4.72. The van der Waals surface area contributed by atoms with Crippen LogP contribution >= 0.6 is 24.0 Å². The normalized spacial score (nSPS) is 17.3. The number of nitrogens with one attached hydrogen (secondary N) is 2. The number of likely N-dealkylation sites (tertiary alicyclic amines) is 1. The first-order chi connectivity index (χ1) is 14.6. The molecule has 2 atom stereocenters. The Morgan fingerprint density at radius 2 is 1.88 bits per heavy atom. The SMILES string of the molecule is CCNC(=NCC(O)c1cc(OC)cc(OC)c1)N1CCC(NC(=O)OC(C)(C)C)C1.I. The first-order valence-corrected chi connectivity index (χ1v) is 10.6.